The van der Waals surface area contributed by atoms with Gasteiger partial charge in [-0.25, -0.2) is 4.79 Å². The Morgan fingerprint density at radius 1 is 1.14 bits per heavy atom. The van der Waals surface area contributed by atoms with E-state index < -0.39 is 11.9 Å². The summed E-state index contributed by atoms with van der Waals surface area (Å²) < 4.78 is 16.5. The van der Waals surface area contributed by atoms with Crippen molar-refractivity contribution in [1.82, 2.24) is 4.90 Å². The quantitative estimate of drug-likeness (QED) is 0.345. The van der Waals surface area contributed by atoms with E-state index in [0.29, 0.717) is 34.9 Å². The number of ether oxygens (including phenoxy) is 2. The van der Waals surface area contributed by atoms with Crippen LogP contribution >= 0.6 is 11.3 Å². The Hall–Kier alpha value is -3.62. The van der Waals surface area contributed by atoms with Crippen LogP contribution in [0.3, 0.4) is 0 Å². The molecule has 0 saturated heterocycles. The smallest absolute Gasteiger partial charge is 0.341 e. The van der Waals surface area contributed by atoms with Crippen molar-refractivity contribution in [1.29, 1.82) is 0 Å². The molecule has 2 aromatic heterocycles. The van der Waals surface area contributed by atoms with Crippen LogP contribution in [0.5, 0.6) is 5.75 Å². The second kappa shape index (κ2) is 9.93. The molecule has 0 bridgehead atoms. The predicted octanol–water partition coefficient (Wildman–Crippen LogP) is 5.49. The number of esters is 1. The van der Waals surface area contributed by atoms with Crippen molar-refractivity contribution in [3.8, 4) is 5.75 Å². The third kappa shape index (κ3) is 4.67. The fourth-order valence-corrected chi connectivity index (χ4v) is 5.69. The van der Waals surface area contributed by atoms with E-state index in [1.54, 1.807) is 26.2 Å². The first-order valence-electron chi connectivity index (χ1n) is 11.5. The van der Waals surface area contributed by atoms with Crippen molar-refractivity contribution in [2.24, 2.45) is 0 Å². The van der Waals surface area contributed by atoms with E-state index in [9.17, 15) is 9.59 Å². The molecular weight excluding hydrogens is 464 g/mol. The van der Waals surface area contributed by atoms with Crippen molar-refractivity contribution in [2.75, 3.05) is 25.6 Å². The topological polar surface area (TPSA) is 81.0 Å². The third-order valence-electron chi connectivity index (χ3n) is 6.04. The molecule has 1 aliphatic rings. The van der Waals surface area contributed by atoms with Gasteiger partial charge in [0.15, 0.2) is 17.1 Å². The van der Waals surface area contributed by atoms with Crippen LogP contribution in [0.15, 0.2) is 59.0 Å². The summed E-state index contributed by atoms with van der Waals surface area (Å²) in [6.45, 7) is 4.40. The number of methoxy groups -OCH3 is 1. The fraction of sp³-hybridized carbons (Fsp3) is 0.259. The molecule has 3 heterocycles. The van der Waals surface area contributed by atoms with Gasteiger partial charge in [0.2, 0.25) is 0 Å². The van der Waals surface area contributed by atoms with Gasteiger partial charge in [-0.05, 0) is 36.6 Å². The molecule has 0 saturated carbocycles. The number of rotatable bonds is 7. The van der Waals surface area contributed by atoms with Crippen molar-refractivity contribution < 1.29 is 23.5 Å². The van der Waals surface area contributed by atoms with E-state index in [4.69, 9.17) is 13.9 Å². The average molecular weight is 491 g/mol. The largest absolute Gasteiger partial charge is 0.493 e. The summed E-state index contributed by atoms with van der Waals surface area (Å²) in [4.78, 5) is 29.4. The Kier molecular flexibility index (Phi) is 6.57. The van der Waals surface area contributed by atoms with Crippen LogP contribution in [-0.2, 0) is 24.2 Å². The molecule has 2 aromatic carbocycles. The van der Waals surface area contributed by atoms with Gasteiger partial charge in [-0.1, -0.05) is 42.5 Å². The molecule has 4 aromatic rings. The Balaban J connectivity index is 1.42. The minimum absolute atomic E-state index is 0.149. The highest BCUT2D eigenvalue weighted by molar-refractivity contribution is 7.17. The first-order valence-corrected chi connectivity index (χ1v) is 12.3. The Bertz CT molecular complexity index is 1380. The van der Waals surface area contributed by atoms with Gasteiger partial charge in [-0.15, -0.1) is 11.3 Å². The second-order valence-corrected chi connectivity index (χ2v) is 9.42. The standard InChI is InChI=1S/C27H26N2O5S/c1-3-33-27(31)23-19-12-13-29(15-17-8-5-4-6-9-17)16-22(19)35-26(23)28-25(30)21-14-18-10-7-11-20(32-2)24(18)34-21/h4-11,14H,3,12-13,15-16H2,1-2H3,(H,28,30). The van der Waals surface area contributed by atoms with Crippen LogP contribution in [0.2, 0.25) is 0 Å². The first-order chi connectivity index (χ1) is 17.1. The van der Waals surface area contributed by atoms with Gasteiger partial charge in [0.25, 0.3) is 5.91 Å². The minimum Gasteiger partial charge on any atom is -0.493 e. The van der Waals surface area contributed by atoms with Crippen molar-refractivity contribution in [3.63, 3.8) is 0 Å². The molecule has 0 fully saturated rings. The number of thiophene rings is 1. The lowest BCUT2D eigenvalue weighted by molar-refractivity contribution is 0.0526. The summed E-state index contributed by atoms with van der Waals surface area (Å²) in [5.41, 5.74) is 3.16. The zero-order valence-electron chi connectivity index (χ0n) is 19.6. The number of amides is 1. The molecule has 0 atom stereocenters. The number of anilines is 1. The molecular formula is C27H26N2O5S. The Morgan fingerprint density at radius 3 is 2.74 bits per heavy atom. The highest BCUT2D eigenvalue weighted by Gasteiger charge is 2.30. The normalized spacial score (nSPS) is 13.4. The highest BCUT2D eigenvalue weighted by Crippen LogP contribution is 2.38. The summed E-state index contributed by atoms with van der Waals surface area (Å²) in [6, 6.07) is 17.5. The Labute approximate surface area is 207 Å². The number of nitrogens with one attached hydrogen (secondary N) is 1. The third-order valence-corrected chi connectivity index (χ3v) is 7.18. The lowest BCUT2D eigenvalue weighted by atomic mass is 10.0. The van der Waals surface area contributed by atoms with Crippen LogP contribution < -0.4 is 10.1 Å². The van der Waals surface area contributed by atoms with Crippen LogP contribution in [0.1, 0.15) is 43.8 Å². The fourth-order valence-electron chi connectivity index (χ4n) is 4.41. The summed E-state index contributed by atoms with van der Waals surface area (Å²) in [5.74, 6) is -0.133. The summed E-state index contributed by atoms with van der Waals surface area (Å²) in [7, 11) is 1.56. The van der Waals surface area contributed by atoms with Gasteiger partial charge in [-0.2, -0.15) is 0 Å². The predicted molar refractivity (Wildman–Crippen MR) is 135 cm³/mol. The van der Waals surface area contributed by atoms with Gasteiger partial charge in [-0.3, -0.25) is 9.69 Å². The van der Waals surface area contributed by atoms with E-state index in [0.717, 1.165) is 28.9 Å². The maximum absolute atomic E-state index is 13.1. The van der Waals surface area contributed by atoms with Gasteiger partial charge in [0.05, 0.1) is 19.3 Å². The van der Waals surface area contributed by atoms with Gasteiger partial charge in [0, 0.05) is 29.9 Å². The molecule has 35 heavy (non-hydrogen) atoms. The van der Waals surface area contributed by atoms with Gasteiger partial charge < -0.3 is 19.2 Å². The number of carbonyl (C=O) groups excluding carboxylic acids is 2. The number of benzene rings is 2. The highest BCUT2D eigenvalue weighted by atomic mass is 32.1. The number of hydrogen-bond donors (Lipinski definition) is 1. The second-order valence-electron chi connectivity index (χ2n) is 8.32. The zero-order valence-corrected chi connectivity index (χ0v) is 20.4. The molecule has 0 radical (unpaired) electrons. The van der Waals surface area contributed by atoms with Crippen LogP contribution in [-0.4, -0.2) is 37.0 Å². The Morgan fingerprint density at radius 2 is 1.97 bits per heavy atom. The van der Waals surface area contributed by atoms with Crippen LogP contribution in [0.25, 0.3) is 11.0 Å². The molecule has 1 aliphatic heterocycles. The van der Waals surface area contributed by atoms with Crippen LogP contribution in [0.4, 0.5) is 5.00 Å². The SMILES string of the molecule is CCOC(=O)c1c(NC(=O)c2cc3cccc(OC)c3o2)sc2c1CCN(Cc1ccccc1)C2. The summed E-state index contributed by atoms with van der Waals surface area (Å²) in [6.07, 6.45) is 0.713. The number of carbonyl (C=O) groups is 2. The maximum Gasteiger partial charge on any atom is 0.341 e. The summed E-state index contributed by atoms with van der Waals surface area (Å²) in [5, 5.41) is 4.17. The molecule has 8 heteroatoms. The number of hydrogen-bond acceptors (Lipinski definition) is 7. The average Bonchev–Trinajstić information content (AvgIpc) is 3.46. The van der Waals surface area contributed by atoms with Crippen molar-refractivity contribution in [2.45, 2.75) is 26.4 Å². The molecule has 7 nitrogen and oxygen atoms in total. The van der Waals surface area contributed by atoms with E-state index in [2.05, 4.69) is 22.3 Å². The number of para-hydroxylation sites is 1. The van der Waals surface area contributed by atoms with E-state index in [1.807, 2.05) is 30.3 Å². The molecule has 0 unspecified atom stereocenters. The number of furan rings is 1. The summed E-state index contributed by atoms with van der Waals surface area (Å²) >= 11 is 1.43. The molecule has 1 amide bonds. The first kappa shape index (κ1) is 23.1. The van der Waals surface area contributed by atoms with Gasteiger partial charge in [0.1, 0.15) is 5.00 Å². The molecule has 180 valence electrons. The molecule has 1 N–H and O–H groups in total. The number of fused-ring (bicyclic) bond motifs is 2. The van der Waals surface area contributed by atoms with E-state index in [1.165, 1.54) is 16.9 Å². The lowest BCUT2D eigenvalue weighted by Crippen LogP contribution is -2.29. The number of nitrogens with zero attached hydrogens (tertiary/aromatic N) is 1. The van der Waals surface area contributed by atoms with Crippen molar-refractivity contribution >= 4 is 39.2 Å². The maximum atomic E-state index is 13.1. The van der Waals surface area contributed by atoms with Gasteiger partial charge >= 0.3 is 5.97 Å². The molecule has 0 spiro atoms. The zero-order chi connectivity index (χ0) is 24.4. The molecule has 0 aliphatic carbocycles. The van der Waals surface area contributed by atoms with E-state index in [-0.39, 0.29) is 12.4 Å². The van der Waals surface area contributed by atoms with E-state index >= 15 is 0 Å². The lowest BCUT2D eigenvalue weighted by Gasteiger charge is -2.27. The monoisotopic (exact) mass is 490 g/mol. The van der Waals surface area contributed by atoms with Crippen LogP contribution in [0, 0.1) is 0 Å². The minimum atomic E-state index is -0.423. The molecule has 5 rings (SSSR count). The van der Waals surface area contributed by atoms with Crippen molar-refractivity contribution in [3.05, 3.63) is 81.9 Å².